The zero-order valence-corrected chi connectivity index (χ0v) is 9.91. The van der Waals surface area contributed by atoms with E-state index in [9.17, 15) is 0 Å². The molecule has 2 heterocycles. The van der Waals surface area contributed by atoms with Gasteiger partial charge in [-0.1, -0.05) is 0 Å². The van der Waals surface area contributed by atoms with Crippen LogP contribution in [0.3, 0.4) is 0 Å². The highest BCUT2D eigenvalue weighted by Crippen LogP contribution is 2.08. The van der Waals surface area contributed by atoms with Crippen molar-refractivity contribution in [2.45, 2.75) is 25.6 Å². The van der Waals surface area contributed by atoms with Gasteiger partial charge in [0.1, 0.15) is 6.23 Å². The van der Waals surface area contributed by atoms with E-state index in [1.165, 1.54) is 26.2 Å². The molecule has 2 atom stereocenters. The van der Waals surface area contributed by atoms with Crippen LogP contribution in [0.2, 0.25) is 0 Å². The van der Waals surface area contributed by atoms with E-state index in [4.69, 9.17) is 4.74 Å². The van der Waals surface area contributed by atoms with E-state index < -0.39 is 0 Å². The molecule has 0 saturated carbocycles. The maximum absolute atomic E-state index is 5.63. The Labute approximate surface area is 92.6 Å². The molecule has 0 aliphatic carbocycles. The van der Waals surface area contributed by atoms with Crippen molar-refractivity contribution in [2.24, 2.45) is 0 Å². The van der Waals surface area contributed by atoms with Crippen LogP contribution in [0.4, 0.5) is 0 Å². The highest BCUT2D eigenvalue weighted by atomic mass is 16.5. The van der Waals surface area contributed by atoms with Gasteiger partial charge in [-0.2, -0.15) is 0 Å². The van der Waals surface area contributed by atoms with Crippen molar-refractivity contribution in [1.82, 2.24) is 15.1 Å². The molecule has 2 fully saturated rings. The van der Waals surface area contributed by atoms with Crippen LogP contribution in [0.1, 0.15) is 13.3 Å². The van der Waals surface area contributed by atoms with Crippen LogP contribution in [-0.2, 0) is 4.74 Å². The lowest BCUT2D eigenvalue weighted by atomic mass is 10.3. The van der Waals surface area contributed by atoms with Gasteiger partial charge in [0.2, 0.25) is 0 Å². The van der Waals surface area contributed by atoms with Gasteiger partial charge in [0.05, 0.1) is 6.61 Å². The third-order valence-corrected chi connectivity index (χ3v) is 3.32. The number of ether oxygens (including phenoxy) is 1. The van der Waals surface area contributed by atoms with Gasteiger partial charge in [0, 0.05) is 38.8 Å². The fourth-order valence-corrected chi connectivity index (χ4v) is 2.21. The Kier molecular flexibility index (Phi) is 3.97. The zero-order valence-electron chi connectivity index (χ0n) is 9.91. The summed E-state index contributed by atoms with van der Waals surface area (Å²) in [5.41, 5.74) is 0. The molecule has 88 valence electrons. The van der Waals surface area contributed by atoms with Crippen LogP contribution in [-0.4, -0.2) is 68.4 Å². The number of rotatable bonds is 3. The molecular weight excluding hydrogens is 190 g/mol. The Morgan fingerprint density at radius 1 is 1.27 bits per heavy atom. The van der Waals surface area contributed by atoms with E-state index in [-0.39, 0.29) is 0 Å². The molecule has 0 aromatic rings. The number of likely N-dealkylation sites (N-methyl/N-ethyl adjacent to an activating group) is 1. The van der Waals surface area contributed by atoms with E-state index in [0.29, 0.717) is 12.3 Å². The summed E-state index contributed by atoms with van der Waals surface area (Å²) in [5.74, 6) is 0. The minimum Gasteiger partial charge on any atom is -0.362 e. The highest BCUT2D eigenvalue weighted by molar-refractivity contribution is 4.75. The van der Waals surface area contributed by atoms with Crippen molar-refractivity contribution in [3.8, 4) is 0 Å². The summed E-state index contributed by atoms with van der Waals surface area (Å²) < 4.78 is 5.63. The lowest BCUT2D eigenvalue weighted by Gasteiger charge is -2.32. The molecule has 0 aromatic heterocycles. The van der Waals surface area contributed by atoms with Gasteiger partial charge in [0.25, 0.3) is 0 Å². The Hall–Kier alpha value is -0.160. The van der Waals surface area contributed by atoms with Gasteiger partial charge in [-0.05, 0) is 20.4 Å². The molecule has 0 spiro atoms. The van der Waals surface area contributed by atoms with Crippen molar-refractivity contribution in [3.63, 3.8) is 0 Å². The van der Waals surface area contributed by atoms with Crippen LogP contribution >= 0.6 is 0 Å². The third kappa shape index (κ3) is 3.41. The first kappa shape index (κ1) is 11.3. The second-order valence-electron chi connectivity index (χ2n) is 4.82. The SMILES string of the molecule is CC1COC(CCN2CCN(C)CC2)N1. The molecule has 2 aliphatic rings. The van der Waals surface area contributed by atoms with Gasteiger partial charge in [-0.15, -0.1) is 0 Å². The van der Waals surface area contributed by atoms with Crippen molar-refractivity contribution < 1.29 is 4.74 Å². The van der Waals surface area contributed by atoms with Crippen molar-refractivity contribution >= 4 is 0 Å². The summed E-state index contributed by atoms with van der Waals surface area (Å²) in [4.78, 5) is 4.93. The third-order valence-electron chi connectivity index (χ3n) is 3.32. The van der Waals surface area contributed by atoms with E-state index >= 15 is 0 Å². The Bertz CT molecular complexity index is 192. The second-order valence-corrected chi connectivity index (χ2v) is 4.82. The summed E-state index contributed by atoms with van der Waals surface area (Å²) in [6, 6.07) is 0.530. The predicted molar refractivity (Wildman–Crippen MR) is 60.9 cm³/mol. The number of nitrogens with zero attached hydrogens (tertiary/aromatic N) is 2. The zero-order chi connectivity index (χ0) is 10.7. The van der Waals surface area contributed by atoms with Gasteiger partial charge >= 0.3 is 0 Å². The maximum Gasteiger partial charge on any atom is 0.109 e. The number of nitrogens with one attached hydrogen (secondary N) is 1. The molecule has 0 radical (unpaired) electrons. The molecule has 4 nitrogen and oxygen atoms in total. The summed E-state index contributed by atoms with van der Waals surface area (Å²) in [5, 5.41) is 3.44. The molecular formula is C11H23N3O. The van der Waals surface area contributed by atoms with Crippen molar-refractivity contribution in [1.29, 1.82) is 0 Å². The summed E-state index contributed by atoms with van der Waals surface area (Å²) in [6.45, 7) is 9.03. The van der Waals surface area contributed by atoms with E-state index in [1.54, 1.807) is 0 Å². The summed E-state index contributed by atoms with van der Waals surface area (Å²) >= 11 is 0. The van der Waals surface area contributed by atoms with Crippen molar-refractivity contribution in [3.05, 3.63) is 0 Å². The predicted octanol–water partition coefficient (Wildman–Crippen LogP) is -0.0417. The van der Waals surface area contributed by atoms with Crippen LogP contribution in [0.25, 0.3) is 0 Å². The number of hydrogen-bond donors (Lipinski definition) is 1. The van der Waals surface area contributed by atoms with Gasteiger partial charge < -0.3 is 14.5 Å². The standard InChI is InChI=1S/C11H23N3O/c1-10-9-15-11(12-10)3-4-14-7-5-13(2)6-8-14/h10-12H,3-9H2,1-2H3. The normalized spacial score (nSPS) is 34.8. The number of piperazine rings is 1. The largest absolute Gasteiger partial charge is 0.362 e. The maximum atomic E-state index is 5.63. The molecule has 4 heteroatoms. The monoisotopic (exact) mass is 213 g/mol. The first-order chi connectivity index (χ1) is 7.24. The quantitative estimate of drug-likeness (QED) is 0.712. The number of hydrogen-bond acceptors (Lipinski definition) is 4. The average Bonchev–Trinajstić information content (AvgIpc) is 2.64. The molecule has 0 bridgehead atoms. The van der Waals surface area contributed by atoms with Crippen LogP contribution in [0, 0.1) is 0 Å². The molecule has 0 aromatic carbocycles. The first-order valence-corrected chi connectivity index (χ1v) is 6.02. The smallest absolute Gasteiger partial charge is 0.109 e. The highest BCUT2D eigenvalue weighted by Gasteiger charge is 2.22. The fraction of sp³-hybridized carbons (Fsp3) is 1.00. The first-order valence-electron chi connectivity index (χ1n) is 6.02. The van der Waals surface area contributed by atoms with Gasteiger partial charge in [-0.25, -0.2) is 0 Å². The van der Waals surface area contributed by atoms with Crippen LogP contribution < -0.4 is 5.32 Å². The van der Waals surface area contributed by atoms with Crippen LogP contribution in [0.15, 0.2) is 0 Å². The molecule has 2 rings (SSSR count). The summed E-state index contributed by atoms with van der Waals surface area (Å²) in [6.07, 6.45) is 1.41. The minimum absolute atomic E-state index is 0.291. The Balaban J connectivity index is 1.61. The average molecular weight is 213 g/mol. The fourth-order valence-electron chi connectivity index (χ4n) is 2.21. The van der Waals surface area contributed by atoms with Gasteiger partial charge in [-0.3, -0.25) is 5.32 Å². The lowest BCUT2D eigenvalue weighted by molar-refractivity contribution is 0.0729. The van der Waals surface area contributed by atoms with E-state index in [0.717, 1.165) is 19.6 Å². The molecule has 2 saturated heterocycles. The van der Waals surface area contributed by atoms with E-state index in [1.807, 2.05) is 0 Å². The minimum atomic E-state index is 0.291. The molecule has 1 N–H and O–H groups in total. The van der Waals surface area contributed by atoms with Crippen LogP contribution in [0.5, 0.6) is 0 Å². The molecule has 15 heavy (non-hydrogen) atoms. The second kappa shape index (κ2) is 5.25. The molecule has 0 amide bonds. The Morgan fingerprint density at radius 3 is 2.60 bits per heavy atom. The molecule has 2 unspecified atom stereocenters. The Morgan fingerprint density at radius 2 is 2.00 bits per heavy atom. The summed E-state index contributed by atoms with van der Waals surface area (Å²) in [7, 11) is 2.20. The van der Waals surface area contributed by atoms with Crippen molar-refractivity contribution in [2.75, 3.05) is 46.4 Å². The van der Waals surface area contributed by atoms with E-state index in [2.05, 4.69) is 29.1 Å². The molecule has 2 aliphatic heterocycles. The van der Waals surface area contributed by atoms with Gasteiger partial charge in [0.15, 0.2) is 0 Å². The lowest BCUT2D eigenvalue weighted by Crippen LogP contribution is -2.45. The topological polar surface area (TPSA) is 27.7 Å².